The number of pyridine rings is 1. The third-order valence-corrected chi connectivity index (χ3v) is 8.23. The van der Waals surface area contributed by atoms with Gasteiger partial charge in [-0.25, -0.2) is 4.99 Å². The summed E-state index contributed by atoms with van der Waals surface area (Å²) in [4.78, 5) is 28.6. The van der Waals surface area contributed by atoms with E-state index in [-0.39, 0.29) is 5.91 Å². The van der Waals surface area contributed by atoms with Crippen molar-refractivity contribution >= 4 is 62.6 Å². The van der Waals surface area contributed by atoms with E-state index in [1.165, 1.54) is 11.8 Å². The van der Waals surface area contributed by atoms with Gasteiger partial charge in [0.15, 0.2) is 5.17 Å². The molecule has 4 aromatic rings. The van der Waals surface area contributed by atoms with E-state index in [9.17, 15) is 4.79 Å². The second-order valence-electron chi connectivity index (χ2n) is 7.98. The summed E-state index contributed by atoms with van der Waals surface area (Å²) in [5.74, 6) is 0.698. The van der Waals surface area contributed by atoms with Crippen LogP contribution in [0.5, 0.6) is 5.75 Å². The summed E-state index contributed by atoms with van der Waals surface area (Å²) in [6.45, 7) is 0. The van der Waals surface area contributed by atoms with Crippen molar-refractivity contribution in [3.8, 4) is 5.75 Å². The normalized spacial score (nSPS) is 18.6. The number of benzene rings is 3. The molecule has 0 bridgehead atoms. The predicted octanol–water partition coefficient (Wildman–Crippen LogP) is 6.42. The van der Waals surface area contributed by atoms with Gasteiger partial charge in [0, 0.05) is 29.6 Å². The average Bonchev–Trinajstić information content (AvgIpc) is 3.39. The molecular formula is C27H20N4O2S2. The third kappa shape index (κ3) is 3.84. The first-order valence-electron chi connectivity index (χ1n) is 11.0. The standard InChI is InChI=1S/C27H20N4O2S2/c1-30-22-16-20(33-2)11-13-23(22)34-26(30)24-25(32)31(19-8-4-3-5-9-19)27(35-24)29-18-10-12-21-17(15-18)7-6-14-28-21/h3-16H,1-2H3/b26-24-,29-27?. The number of thioether (sulfide) groups is 2. The molecule has 0 saturated carbocycles. The van der Waals surface area contributed by atoms with Crippen LogP contribution in [0.3, 0.4) is 0 Å². The molecule has 6 nitrogen and oxygen atoms in total. The summed E-state index contributed by atoms with van der Waals surface area (Å²) in [7, 11) is 3.63. The van der Waals surface area contributed by atoms with Crippen LogP contribution in [0, 0.1) is 0 Å². The van der Waals surface area contributed by atoms with Crippen molar-refractivity contribution in [3.63, 3.8) is 0 Å². The maximum atomic E-state index is 13.8. The van der Waals surface area contributed by atoms with Gasteiger partial charge < -0.3 is 9.64 Å². The molecular weight excluding hydrogens is 476 g/mol. The Morgan fingerprint density at radius 2 is 1.80 bits per heavy atom. The molecule has 0 unspecified atom stereocenters. The zero-order valence-corrected chi connectivity index (χ0v) is 20.6. The number of ether oxygens (including phenoxy) is 1. The fourth-order valence-electron chi connectivity index (χ4n) is 4.08. The number of amides is 1. The highest BCUT2D eigenvalue weighted by molar-refractivity contribution is 8.20. The molecule has 1 aromatic heterocycles. The van der Waals surface area contributed by atoms with Crippen molar-refractivity contribution in [1.29, 1.82) is 0 Å². The fourth-order valence-corrected chi connectivity index (χ4v) is 6.40. The summed E-state index contributed by atoms with van der Waals surface area (Å²) >= 11 is 2.99. The minimum atomic E-state index is -0.0865. The van der Waals surface area contributed by atoms with Crippen molar-refractivity contribution < 1.29 is 9.53 Å². The number of carbonyl (C=O) groups excluding carboxylic acids is 1. The van der Waals surface area contributed by atoms with Gasteiger partial charge >= 0.3 is 0 Å². The Hall–Kier alpha value is -3.75. The van der Waals surface area contributed by atoms with Crippen LogP contribution in [0.2, 0.25) is 0 Å². The maximum absolute atomic E-state index is 13.8. The summed E-state index contributed by atoms with van der Waals surface area (Å²) in [6, 6.07) is 25.4. The number of anilines is 2. The zero-order valence-electron chi connectivity index (χ0n) is 19.0. The molecule has 0 aliphatic carbocycles. The molecule has 0 N–H and O–H groups in total. The van der Waals surface area contributed by atoms with Gasteiger partial charge in [-0.15, -0.1) is 0 Å². The first kappa shape index (κ1) is 21.8. The molecule has 0 spiro atoms. The van der Waals surface area contributed by atoms with Crippen molar-refractivity contribution in [2.24, 2.45) is 4.99 Å². The summed E-state index contributed by atoms with van der Waals surface area (Å²) < 4.78 is 5.40. The van der Waals surface area contributed by atoms with Gasteiger partial charge in [-0.1, -0.05) is 36.0 Å². The third-order valence-electron chi connectivity index (χ3n) is 5.84. The Balaban J connectivity index is 1.45. The van der Waals surface area contributed by atoms with Gasteiger partial charge in [-0.2, -0.15) is 0 Å². The topological polar surface area (TPSA) is 58.0 Å². The Labute approximate surface area is 211 Å². The largest absolute Gasteiger partial charge is 0.497 e. The second-order valence-corrected chi connectivity index (χ2v) is 9.99. The molecule has 172 valence electrons. The highest BCUT2D eigenvalue weighted by atomic mass is 32.2. The molecule has 3 heterocycles. The van der Waals surface area contributed by atoms with E-state index >= 15 is 0 Å². The monoisotopic (exact) mass is 496 g/mol. The number of hydrogen-bond donors (Lipinski definition) is 0. The highest BCUT2D eigenvalue weighted by Gasteiger charge is 2.40. The Morgan fingerprint density at radius 1 is 0.943 bits per heavy atom. The van der Waals surface area contributed by atoms with Crippen LogP contribution in [0.15, 0.2) is 105 Å². The van der Waals surface area contributed by atoms with Gasteiger partial charge in [0.1, 0.15) is 10.7 Å². The molecule has 6 rings (SSSR count). The molecule has 3 aromatic carbocycles. The first-order valence-corrected chi connectivity index (χ1v) is 12.6. The Bertz CT molecular complexity index is 1540. The number of aliphatic imine (C=N–C) groups is 1. The molecule has 8 heteroatoms. The highest BCUT2D eigenvalue weighted by Crippen LogP contribution is 2.51. The van der Waals surface area contributed by atoms with E-state index in [1.807, 2.05) is 85.9 Å². The summed E-state index contributed by atoms with van der Waals surface area (Å²) in [6.07, 6.45) is 1.78. The van der Waals surface area contributed by atoms with E-state index in [4.69, 9.17) is 9.73 Å². The smallest absolute Gasteiger partial charge is 0.274 e. The average molecular weight is 497 g/mol. The van der Waals surface area contributed by atoms with Gasteiger partial charge in [0.05, 0.1) is 34.7 Å². The van der Waals surface area contributed by atoms with E-state index in [0.29, 0.717) is 10.1 Å². The lowest BCUT2D eigenvalue weighted by atomic mass is 10.2. The predicted molar refractivity (Wildman–Crippen MR) is 145 cm³/mol. The van der Waals surface area contributed by atoms with Crippen molar-refractivity contribution in [3.05, 3.63) is 95.0 Å². The van der Waals surface area contributed by atoms with Crippen molar-refractivity contribution in [2.75, 3.05) is 24.0 Å². The molecule has 2 aliphatic rings. The van der Waals surface area contributed by atoms with Crippen LogP contribution in [0.1, 0.15) is 0 Å². The zero-order chi connectivity index (χ0) is 23.9. The van der Waals surface area contributed by atoms with Crippen LogP contribution < -0.4 is 14.5 Å². The fraction of sp³-hybridized carbons (Fsp3) is 0.0741. The van der Waals surface area contributed by atoms with E-state index < -0.39 is 0 Å². The SMILES string of the molecule is COc1ccc2c(c1)N(C)/C(=C1/SC(=Nc3ccc4ncccc4c3)N(c3ccccc3)C1=O)S2. The summed E-state index contributed by atoms with van der Waals surface area (Å²) in [5.41, 5.74) is 3.48. The minimum absolute atomic E-state index is 0.0865. The van der Waals surface area contributed by atoms with E-state index in [2.05, 4.69) is 9.88 Å². The number of aromatic nitrogens is 1. The van der Waals surface area contributed by atoms with Crippen LogP contribution in [-0.2, 0) is 4.79 Å². The van der Waals surface area contributed by atoms with E-state index in [1.54, 1.807) is 30.0 Å². The lowest BCUT2D eigenvalue weighted by Gasteiger charge is -2.17. The van der Waals surface area contributed by atoms with Gasteiger partial charge in [0.2, 0.25) is 0 Å². The maximum Gasteiger partial charge on any atom is 0.274 e. The van der Waals surface area contributed by atoms with Crippen molar-refractivity contribution in [2.45, 2.75) is 4.90 Å². The number of amidine groups is 1. The molecule has 0 radical (unpaired) electrons. The molecule has 0 atom stereocenters. The molecule has 2 aliphatic heterocycles. The number of hydrogen-bond acceptors (Lipinski definition) is 7. The number of rotatable bonds is 3. The van der Waals surface area contributed by atoms with Crippen LogP contribution in [-0.4, -0.2) is 30.2 Å². The van der Waals surface area contributed by atoms with Crippen LogP contribution in [0.4, 0.5) is 17.1 Å². The minimum Gasteiger partial charge on any atom is -0.497 e. The molecule has 35 heavy (non-hydrogen) atoms. The number of carbonyl (C=O) groups is 1. The van der Waals surface area contributed by atoms with Gasteiger partial charge in [0.25, 0.3) is 5.91 Å². The van der Waals surface area contributed by atoms with Crippen LogP contribution >= 0.6 is 23.5 Å². The van der Waals surface area contributed by atoms with Gasteiger partial charge in [-0.05, 0) is 60.3 Å². The van der Waals surface area contributed by atoms with Gasteiger partial charge in [-0.3, -0.25) is 14.7 Å². The summed E-state index contributed by atoms with van der Waals surface area (Å²) in [5, 5.41) is 2.51. The number of nitrogens with zero attached hydrogens (tertiary/aromatic N) is 4. The quantitative estimate of drug-likeness (QED) is 0.305. The molecule has 1 fully saturated rings. The lowest BCUT2D eigenvalue weighted by molar-refractivity contribution is -0.113. The van der Waals surface area contributed by atoms with Crippen molar-refractivity contribution in [1.82, 2.24) is 4.98 Å². The molecule has 1 saturated heterocycles. The van der Waals surface area contributed by atoms with E-state index in [0.717, 1.165) is 43.6 Å². The Morgan fingerprint density at radius 3 is 2.63 bits per heavy atom. The molecule has 1 amide bonds. The lowest BCUT2D eigenvalue weighted by Crippen LogP contribution is -2.29. The van der Waals surface area contributed by atoms with Crippen LogP contribution in [0.25, 0.3) is 10.9 Å². The first-order chi connectivity index (χ1) is 17.1. The number of methoxy groups -OCH3 is 1. The Kier molecular flexibility index (Phi) is 5.47. The number of fused-ring (bicyclic) bond motifs is 2. The second kappa shape index (κ2) is 8.79. The number of para-hydroxylation sites is 1.